The summed E-state index contributed by atoms with van der Waals surface area (Å²) in [5, 5.41) is 8.54. The maximum Gasteiger partial charge on any atom is 0.337 e. The minimum Gasteiger partial charge on any atom is -0.478 e. The Labute approximate surface area is 121 Å². The van der Waals surface area contributed by atoms with Gasteiger partial charge in [-0.05, 0) is 25.0 Å². The van der Waals surface area contributed by atoms with Gasteiger partial charge in [-0.15, -0.1) is 0 Å². The number of rotatable bonds is 4. The lowest BCUT2D eigenvalue weighted by Crippen LogP contribution is -2.33. The number of hydrogen-bond donors (Lipinski definition) is 2. The molecule has 1 aromatic rings. The van der Waals surface area contributed by atoms with E-state index in [1.54, 1.807) is 0 Å². The van der Waals surface area contributed by atoms with E-state index >= 15 is 0 Å². The van der Waals surface area contributed by atoms with Crippen LogP contribution in [0.4, 0.5) is 5.69 Å². The van der Waals surface area contributed by atoms with Gasteiger partial charge in [-0.1, -0.05) is 17.7 Å². The Bertz CT molecular complexity index is 610. The highest BCUT2D eigenvalue weighted by Crippen LogP contribution is 2.29. The summed E-state index contributed by atoms with van der Waals surface area (Å²) in [4.78, 5) is 11.1. The second kappa shape index (κ2) is 5.99. The molecule has 0 unspecified atom stereocenters. The molecule has 0 bridgehead atoms. The molecule has 0 radical (unpaired) electrons. The summed E-state index contributed by atoms with van der Waals surface area (Å²) in [6, 6.07) is 4.20. The molecule has 0 atom stereocenters. The van der Waals surface area contributed by atoms with Crippen LogP contribution in [0.3, 0.4) is 0 Å². The molecule has 1 saturated heterocycles. The zero-order chi connectivity index (χ0) is 14.8. The Balaban J connectivity index is 2.31. The minimum atomic E-state index is -3.69. The van der Waals surface area contributed by atoms with E-state index in [2.05, 4.69) is 4.72 Å². The summed E-state index contributed by atoms with van der Waals surface area (Å²) in [7, 11) is -3.69. The quantitative estimate of drug-likeness (QED) is 0.885. The number of hydrogen-bond acceptors (Lipinski definition) is 4. The van der Waals surface area contributed by atoms with E-state index < -0.39 is 21.2 Å². The second-order valence-corrected chi connectivity index (χ2v) is 6.79. The Morgan fingerprint density at radius 3 is 2.60 bits per heavy atom. The normalized spacial score (nSPS) is 16.9. The average molecular weight is 320 g/mol. The fraction of sp³-hybridized carbons (Fsp3) is 0.417. The molecule has 1 aromatic carbocycles. The Kier molecular flexibility index (Phi) is 4.52. The van der Waals surface area contributed by atoms with Crippen molar-refractivity contribution in [2.75, 3.05) is 17.9 Å². The van der Waals surface area contributed by atoms with Gasteiger partial charge in [-0.25, -0.2) is 13.2 Å². The molecule has 0 amide bonds. The molecule has 1 aliphatic heterocycles. The molecule has 1 aliphatic rings. The number of nitrogens with one attached hydrogen (secondary N) is 1. The van der Waals surface area contributed by atoms with Crippen LogP contribution in [-0.4, -0.2) is 38.0 Å². The van der Waals surface area contributed by atoms with Crippen LogP contribution < -0.4 is 4.72 Å². The van der Waals surface area contributed by atoms with Crippen molar-refractivity contribution in [3.63, 3.8) is 0 Å². The molecule has 110 valence electrons. The lowest BCUT2D eigenvalue weighted by atomic mass is 10.2. The van der Waals surface area contributed by atoms with Crippen LogP contribution in [0.5, 0.6) is 0 Å². The zero-order valence-corrected chi connectivity index (χ0v) is 12.1. The van der Waals surface area contributed by atoms with Crippen molar-refractivity contribution in [2.45, 2.75) is 18.1 Å². The molecule has 1 fully saturated rings. The zero-order valence-electron chi connectivity index (χ0n) is 10.5. The van der Waals surface area contributed by atoms with Crippen molar-refractivity contribution in [1.29, 1.82) is 0 Å². The minimum absolute atomic E-state index is 0.0561. The number of sulfonamides is 1. The lowest BCUT2D eigenvalue weighted by molar-refractivity contribution is 0.0698. The van der Waals surface area contributed by atoms with Gasteiger partial charge in [0.2, 0.25) is 10.0 Å². The van der Waals surface area contributed by atoms with Gasteiger partial charge in [-0.2, -0.15) is 0 Å². The van der Waals surface area contributed by atoms with Gasteiger partial charge in [-0.3, -0.25) is 4.72 Å². The Hall–Kier alpha value is -1.31. The van der Waals surface area contributed by atoms with E-state index in [4.69, 9.17) is 21.4 Å². The van der Waals surface area contributed by atoms with Crippen molar-refractivity contribution < 1.29 is 23.1 Å². The Morgan fingerprint density at radius 2 is 2.00 bits per heavy atom. The van der Waals surface area contributed by atoms with Crippen LogP contribution in [0.25, 0.3) is 0 Å². The summed E-state index contributed by atoms with van der Waals surface area (Å²) in [5.74, 6) is -1.24. The van der Waals surface area contributed by atoms with Crippen LogP contribution in [-0.2, 0) is 14.8 Å². The maximum absolute atomic E-state index is 12.3. The third kappa shape index (κ3) is 3.23. The molecule has 2 N–H and O–H groups in total. The van der Waals surface area contributed by atoms with Crippen molar-refractivity contribution in [3.05, 3.63) is 28.8 Å². The number of aromatic carboxylic acids is 1. The fourth-order valence-corrected chi connectivity index (χ4v) is 3.78. The van der Waals surface area contributed by atoms with Gasteiger partial charge < -0.3 is 9.84 Å². The molecule has 0 aliphatic carbocycles. The van der Waals surface area contributed by atoms with Crippen LogP contribution in [0.15, 0.2) is 18.2 Å². The number of carboxylic acids is 1. The summed E-state index contributed by atoms with van der Waals surface area (Å²) < 4.78 is 32.0. The highest BCUT2D eigenvalue weighted by molar-refractivity contribution is 7.93. The fourth-order valence-electron chi connectivity index (χ4n) is 2.02. The number of halogens is 1. The van der Waals surface area contributed by atoms with Gasteiger partial charge in [0.1, 0.15) is 0 Å². The lowest BCUT2D eigenvalue weighted by Gasteiger charge is -2.23. The molecule has 6 nitrogen and oxygen atoms in total. The SMILES string of the molecule is O=C(O)c1cccc(Cl)c1NS(=O)(=O)C1CCOCC1. The van der Waals surface area contributed by atoms with Crippen molar-refractivity contribution in [2.24, 2.45) is 0 Å². The molecular formula is C12H14ClNO5S. The number of carbonyl (C=O) groups is 1. The standard InChI is InChI=1S/C12H14ClNO5S/c13-10-3-1-2-9(12(15)16)11(10)14-20(17,18)8-4-6-19-7-5-8/h1-3,8,14H,4-7H2,(H,15,16). The first kappa shape index (κ1) is 15.1. The molecule has 20 heavy (non-hydrogen) atoms. The summed E-state index contributed by atoms with van der Waals surface area (Å²) in [6.07, 6.45) is 0.754. The highest BCUT2D eigenvalue weighted by atomic mass is 35.5. The Morgan fingerprint density at radius 1 is 1.35 bits per heavy atom. The number of benzene rings is 1. The van der Waals surface area contributed by atoms with E-state index in [9.17, 15) is 13.2 Å². The molecular weight excluding hydrogens is 306 g/mol. The van der Waals surface area contributed by atoms with Crippen molar-refractivity contribution in [1.82, 2.24) is 0 Å². The van der Waals surface area contributed by atoms with Crippen LogP contribution >= 0.6 is 11.6 Å². The topological polar surface area (TPSA) is 92.7 Å². The third-order valence-electron chi connectivity index (χ3n) is 3.10. The average Bonchev–Trinajstić information content (AvgIpc) is 2.41. The van der Waals surface area contributed by atoms with Gasteiger partial charge >= 0.3 is 5.97 Å². The van der Waals surface area contributed by atoms with Crippen LogP contribution in [0, 0.1) is 0 Å². The van der Waals surface area contributed by atoms with Gasteiger partial charge in [0, 0.05) is 13.2 Å². The molecule has 0 aromatic heterocycles. The highest BCUT2D eigenvalue weighted by Gasteiger charge is 2.29. The number of carboxylic acid groups (broad SMARTS) is 1. The van der Waals surface area contributed by atoms with Gasteiger partial charge in [0.25, 0.3) is 0 Å². The van der Waals surface area contributed by atoms with Gasteiger partial charge in [0.15, 0.2) is 0 Å². The van der Waals surface area contributed by atoms with E-state index in [0.717, 1.165) is 0 Å². The first-order chi connectivity index (χ1) is 9.42. The molecule has 1 heterocycles. The third-order valence-corrected chi connectivity index (χ3v) is 5.25. The predicted molar refractivity (Wildman–Crippen MR) is 74.8 cm³/mol. The summed E-state index contributed by atoms with van der Waals surface area (Å²) in [6.45, 7) is 0.750. The number of ether oxygens (including phenoxy) is 1. The van der Waals surface area contributed by atoms with E-state index in [0.29, 0.717) is 26.1 Å². The molecule has 8 heteroatoms. The summed E-state index contributed by atoms with van der Waals surface area (Å²) >= 11 is 5.90. The monoisotopic (exact) mass is 319 g/mol. The second-order valence-electron chi connectivity index (χ2n) is 4.43. The molecule has 0 spiro atoms. The van der Waals surface area contributed by atoms with Crippen molar-refractivity contribution in [3.8, 4) is 0 Å². The van der Waals surface area contributed by atoms with Crippen LogP contribution in [0.1, 0.15) is 23.2 Å². The first-order valence-corrected chi connectivity index (χ1v) is 7.95. The largest absolute Gasteiger partial charge is 0.478 e. The van der Waals surface area contributed by atoms with Crippen molar-refractivity contribution >= 4 is 33.3 Å². The van der Waals surface area contributed by atoms with E-state index in [1.165, 1.54) is 18.2 Å². The van der Waals surface area contributed by atoms with E-state index in [1.807, 2.05) is 0 Å². The van der Waals surface area contributed by atoms with Gasteiger partial charge in [0.05, 0.1) is 21.5 Å². The number of anilines is 1. The van der Waals surface area contributed by atoms with E-state index in [-0.39, 0.29) is 16.3 Å². The molecule has 2 rings (SSSR count). The summed E-state index contributed by atoms with van der Waals surface area (Å²) in [5.41, 5.74) is -0.263. The maximum atomic E-state index is 12.3. The molecule has 0 saturated carbocycles. The smallest absolute Gasteiger partial charge is 0.337 e. The van der Waals surface area contributed by atoms with Crippen LogP contribution in [0.2, 0.25) is 5.02 Å². The number of para-hydroxylation sites is 1. The predicted octanol–water partition coefficient (Wildman–Crippen LogP) is 1.96. The first-order valence-electron chi connectivity index (χ1n) is 6.03.